The van der Waals surface area contributed by atoms with Gasteiger partial charge in [0.25, 0.3) is 0 Å². The molecule has 2 fully saturated rings. The summed E-state index contributed by atoms with van der Waals surface area (Å²) in [4.78, 5) is 58.9. The van der Waals surface area contributed by atoms with E-state index in [1.54, 1.807) is 41.5 Å². The lowest BCUT2D eigenvalue weighted by Gasteiger charge is -2.43. The van der Waals surface area contributed by atoms with E-state index in [2.05, 4.69) is 21.3 Å². The molecular weight excluding hydrogens is 578 g/mol. The first-order chi connectivity index (χ1) is 19.5. The molecule has 1 heterocycles. The zero-order chi connectivity index (χ0) is 31.7. The lowest BCUT2D eigenvalue weighted by atomic mass is 10.1. The van der Waals surface area contributed by atoms with Gasteiger partial charge in [0.2, 0.25) is 17.8 Å². The van der Waals surface area contributed by atoms with Crippen molar-refractivity contribution in [1.82, 2.24) is 21.3 Å². The minimum absolute atomic E-state index is 0.0801. The number of hydrogen-bond acceptors (Lipinski definition) is 8. The zero-order valence-corrected chi connectivity index (χ0v) is 28.4. The number of nitrogens with zero attached hydrogens (tertiary/aromatic N) is 1. The van der Waals surface area contributed by atoms with Crippen LogP contribution in [0.15, 0.2) is 4.99 Å². The molecule has 0 aromatic carbocycles. The lowest BCUT2D eigenvalue weighted by Crippen LogP contribution is -2.60. The summed E-state index contributed by atoms with van der Waals surface area (Å²) >= 11 is 1.48. The molecule has 0 aromatic heterocycles. The van der Waals surface area contributed by atoms with Crippen LogP contribution in [0.25, 0.3) is 0 Å². The number of alkyl carbamates (subject to hydrolysis) is 2. The van der Waals surface area contributed by atoms with Gasteiger partial charge in [-0.3, -0.25) is 20.2 Å². The highest BCUT2D eigenvalue weighted by atomic mass is 32.2. The van der Waals surface area contributed by atoms with Gasteiger partial charge in [0.05, 0.1) is 0 Å². The third kappa shape index (κ3) is 11.1. The van der Waals surface area contributed by atoms with Gasteiger partial charge < -0.3 is 20.1 Å². The Morgan fingerprint density at radius 2 is 1.43 bits per heavy atom. The summed E-state index contributed by atoms with van der Waals surface area (Å²) < 4.78 is 9.72. The average molecular weight is 630 g/mol. The van der Waals surface area contributed by atoms with Crippen molar-refractivity contribution in [3.63, 3.8) is 0 Å². The van der Waals surface area contributed by atoms with Gasteiger partial charge >= 0.3 is 12.2 Å². The van der Waals surface area contributed by atoms with Crippen LogP contribution < -0.4 is 21.3 Å². The van der Waals surface area contributed by atoms with E-state index < -0.39 is 44.1 Å². The summed E-state index contributed by atoms with van der Waals surface area (Å²) in [5.41, 5.74) is -1.62. The number of guanidine groups is 1. The summed E-state index contributed by atoms with van der Waals surface area (Å²) in [6, 6.07) is -1.14. The number of thioether (sulfide) groups is 1. The fraction of sp³-hybridized carbons (Fsp3) is 0.793. The van der Waals surface area contributed by atoms with Gasteiger partial charge in [-0.25, -0.2) is 14.6 Å². The van der Waals surface area contributed by atoms with Crippen LogP contribution >= 0.6 is 22.2 Å². The molecule has 3 atom stereocenters. The highest BCUT2D eigenvalue weighted by molar-refractivity contribution is 8.28. The molecule has 4 amide bonds. The largest absolute Gasteiger partial charge is 0.444 e. The molecule has 0 bridgehead atoms. The number of hydrogen-bond donors (Lipinski definition) is 4. The van der Waals surface area contributed by atoms with Crippen LogP contribution in [0.1, 0.15) is 107 Å². The Balaban J connectivity index is 2.79. The molecule has 2 rings (SSSR count). The van der Waals surface area contributed by atoms with Gasteiger partial charge in [-0.05, 0) is 103 Å². The highest BCUT2D eigenvalue weighted by Crippen LogP contribution is 2.53. The van der Waals surface area contributed by atoms with Gasteiger partial charge in [0, 0.05) is 13.0 Å². The predicted molar refractivity (Wildman–Crippen MR) is 172 cm³/mol. The second-order valence-electron chi connectivity index (χ2n) is 12.5. The first kappa shape index (κ1) is 35.9. The van der Waals surface area contributed by atoms with Crippen molar-refractivity contribution in [2.45, 2.75) is 135 Å². The van der Waals surface area contributed by atoms with E-state index in [0.29, 0.717) is 5.75 Å². The van der Waals surface area contributed by atoms with Crippen LogP contribution in [-0.4, -0.2) is 73.8 Å². The van der Waals surface area contributed by atoms with E-state index in [-0.39, 0.29) is 23.8 Å². The summed E-state index contributed by atoms with van der Waals surface area (Å²) in [6.07, 6.45) is 4.66. The third-order valence-corrected chi connectivity index (χ3v) is 11.5. The van der Waals surface area contributed by atoms with Gasteiger partial charge in [0.1, 0.15) is 11.2 Å². The maximum atomic E-state index is 14.0. The summed E-state index contributed by atoms with van der Waals surface area (Å²) in [7, 11) is -0.558. The zero-order valence-electron chi connectivity index (χ0n) is 26.7. The standard InChI is InChI=1S/C29H51N5O6S2/c1-10-20(11-2)31-23(36)22(30-19(3)35)29(41-17-14-18-42(29)21-15-12-13-16-21)34-24(32-25(37)39-27(4,5)6)33-26(38)40-28(7,8)9/h20,22H,10-18H2,1-9H3,(H,30,35)(H,31,36)(H2,32,33,34,37,38). The Morgan fingerprint density at radius 3 is 1.88 bits per heavy atom. The molecule has 0 spiro atoms. The summed E-state index contributed by atoms with van der Waals surface area (Å²) in [6.45, 7) is 15.7. The van der Waals surface area contributed by atoms with Crippen molar-refractivity contribution in [3.8, 4) is 0 Å². The Morgan fingerprint density at radius 1 is 0.905 bits per heavy atom. The molecule has 13 heteroatoms. The molecule has 1 saturated heterocycles. The van der Waals surface area contributed by atoms with Crippen molar-refractivity contribution in [1.29, 1.82) is 0 Å². The number of aliphatic imine (C=N–C) groups is 1. The van der Waals surface area contributed by atoms with Crippen LogP contribution in [0.5, 0.6) is 0 Å². The van der Waals surface area contributed by atoms with Crippen molar-refractivity contribution in [2.75, 3.05) is 11.5 Å². The molecule has 42 heavy (non-hydrogen) atoms. The summed E-state index contributed by atoms with van der Waals surface area (Å²) in [5, 5.41) is 11.2. The molecule has 4 N–H and O–H groups in total. The number of carbonyl (C=O) groups is 4. The van der Waals surface area contributed by atoms with Crippen molar-refractivity contribution >= 4 is 57.1 Å². The normalized spacial score (nSPS) is 21.7. The fourth-order valence-electron chi connectivity index (χ4n) is 4.73. The van der Waals surface area contributed by atoms with Gasteiger partial charge in [-0.2, -0.15) is 0 Å². The van der Waals surface area contributed by atoms with E-state index in [1.807, 2.05) is 13.8 Å². The first-order valence-electron chi connectivity index (χ1n) is 14.9. The fourth-order valence-corrected chi connectivity index (χ4v) is 10.3. The van der Waals surface area contributed by atoms with E-state index in [1.165, 1.54) is 23.6 Å². The predicted octanol–water partition coefficient (Wildman–Crippen LogP) is 5.01. The molecule has 240 valence electrons. The van der Waals surface area contributed by atoms with Crippen LogP contribution in [-0.2, 0) is 19.1 Å². The van der Waals surface area contributed by atoms with Crippen LogP contribution in [0.4, 0.5) is 9.59 Å². The average Bonchev–Trinajstić information content (AvgIpc) is 3.38. The van der Waals surface area contributed by atoms with Crippen molar-refractivity contribution in [3.05, 3.63) is 0 Å². The van der Waals surface area contributed by atoms with Gasteiger partial charge in [0.15, 0.2) is 10.2 Å². The topological polar surface area (TPSA) is 147 Å². The molecule has 0 radical (unpaired) electrons. The highest BCUT2D eigenvalue weighted by Gasteiger charge is 2.50. The Hall–Kier alpha value is -2.28. The second-order valence-corrected chi connectivity index (χ2v) is 16.5. The Kier molecular flexibility index (Phi) is 13.2. The lowest BCUT2D eigenvalue weighted by molar-refractivity contribution is -0.128. The molecule has 0 aromatic rings. The maximum Gasteiger partial charge on any atom is 0.414 e. The van der Waals surface area contributed by atoms with Gasteiger partial charge in [-0.1, -0.05) is 13.8 Å². The van der Waals surface area contributed by atoms with Crippen molar-refractivity contribution < 1.29 is 28.7 Å². The number of ether oxygens (including phenoxy) is 2. The number of amides is 4. The van der Waals surface area contributed by atoms with E-state index in [0.717, 1.165) is 50.7 Å². The minimum Gasteiger partial charge on any atom is -0.444 e. The molecular formula is C29H51N5O6S2. The molecule has 11 nitrogen and oxygen atoms in total. The summed E-state index contributed by atoms with van der Waals surface area (Å²) in [5.74, 6) is 0.548. The van der Waals surface area contributed by atoms with Crippen LogP contribution in [0, 0.1) is 0 Å². The number of nitrogens with one attached hydrogen (secondary N) is 4. The van der Waals surface area contributed by atoms with E-state index >= 15 is 0 Å². The molecule has 3 unspecified atom stereocenters. The van der Waals surface area contributed by atoms with E-state index in [9.17, 15) is 19.2 Å². The quantitative estimate of drug-likeness (QED) is 0.176. The third-order valence-electron chi connectivity index (χ3n) is 6.48. The van der Waals surface area contributed by atoms with E-state index in [4.69, 9.17) is 14.5 Å². The van der Waals surface area contributed by atoms with Crippen LogP contribution in [0.3, 0.4) is 0 Å². The molecule has 2 aliphatic rings. The minimum atomic E-state index is -1.22. The SMILES string of the molecule is CCC(CC)NC(=O)C(NC(C)=O)C1(N=C(NC(=O)OC(C)(C)C)NC(=O)OC(C)(C)C)SCCCS1=C1CCCC1. The number of carbonyl (C=O) groups excluding carboxylic acids is 4. The van der Waals surface area contributed by atoms with Crippen LogP contribution in [0.2, 0.25) is 0 Å². The first-order valence-corrected chi connectivity index (χ1v) is 17.2. The maximum absolute atomic E-state index is 14.0. The molecule has 1 saturated carbocycles. The number of rotatable bonds is 7. The Bertz CT molecular complexity index is 1020. The monoisotopic (exact) mass is 629 g/mol. The smallest absolute Gasteiger partial charge is 0.414 e. The molecule has 1 aliphatic heterocycles. The Labute approximate surface area is 257 Å². The molecule has 1 aliphatic carbocycles. The second kappa shape index (κ2) is 15.4. The van der Waals surface area contributed by atoms with Gasteiger partial charge in [-0.15, -0.1) is 22.2 Å². The van der Waals surface area contributed by atoms with Crippen molar-refractivity contribution in [2.24, 2.45) is 4.99 Å².